The zero-order valence-electron chi connectivity index (χ0n) is 8.93. The molecular formula is C10H13N3O3. The van der Waals surface area contributed by atoms with Crippen molar-refractivity contribution >= 4 is 11.9 Å². The van der Waals surface area contributed by atoms with E-state index in [9.17, 15) is 4.79 Å². The van der Waals surface area contributed by atoms with E-state index < -0.39 is 11.5 Å². The molecule has 0 saturated heterocycles. The van der Waals surface area contributed by atoms with Crippen LogP contribution in [0.25, 0.3) is 0 Å². The van der Waals surface area contributed by atoms with E-state index in [1.54, 1.807) is 6.07 Å². The molecule has 0 aliphatic heterocycles. The maximum absolute atomic E-state index is 10.9. The number of carboxylic acids is 1. The second-order valence-electron chi connectivity index (χ2n) is 3.66. The van der Waals surface area contributed by atoms with Gasteiger partial charge in [0, 0.05) is 12.3 Å². The molecule has 1 heterocycles. The van der Waals surface area contributed by atoms with Crippen LogP contribution in [0, 0.1) is 0 Å². The average molecular weight is 223 g/mol. The van der Waals surface area contributed by atoms with Crippen molar-refractivity contribution in [2.45, 2.75) is 25.3 Å². The van der Waals surface area contributed by atoms with Gasteiger partial charge in [-0.15, -0.1) is 0 Å². The highest BCUT2D eigenvalue weighted by Crippen LogP contribution is 2.38. The molecule has 1 aromatic heterocycles. The van der Waals surface area contributed by atoms with Crippen molar-refractivity contribution in [3.8, 4) is 5.88 Å². The molecule has 6 nitrogen and oxygen atoms in total. The van der Waals surface area contributed by atoms with Crippen LogP contribution < -0.4 is 10.1 Å². The molecule has 6 heteroatoms. The molecule has 0 atom stereocenters. The normalized spacial score (nSPS) is 16.6. The summed E-state index contributed by atoms with van der Waals surface area (Å²) in [6, 6.07) is 1.63. The first-order chi connectivity index (χ1) is 7.66. The van der Waals surface area contributed by atoms with E-state index in [0.29, 0.717) is 31.3 Å². The molecule has 0 amide bonds. The van der Waals surface area contributed by atoms with E-state index in [-0.39, 0.29) is 0 Å². The second-order valence-corrected chi connectivity index (χ2v) is 3.66. The lowest BCUT2D eigenvalue weighted by atomic mass is 10.3. The van der Waals surface area contributed by atoms with Gasteiger partial charge in [0.1, 0.15) is 5.54 Å². The summed E-state index contributed by atoms with van der Waals surface area (Å²) in [5.41, 5.74) is -0.870. The number of anilines is 1. The number of ether oxygens (including phenoxy) is 1. The van der Waals surface area contributed by atoms with Gasteiger partial charge in [-0.25, -0.2) is 9.78 Å². The Labute approximate surface area is 92.7 Å². The molecule has 1 saturated carbocycles. The first-order valence-corrected chi connectivity index (χ1v) is 5.14. The number of aliphatic carboxylic acids is 1. The largest absolute Gasteiger partial charge is 0.480 e. The van der Waals surface area contributed by atoms with Crippen LogP contribution in [-0.2, 0) is 4.79 Å². The van der Waals surface area contributed by atoms with Crippen LogP contribution in [0.5, 0.6) is 5.88 Å². The van der Waals surface area contributed by atoms with Crippen molar-refractivity contribution in [1.82, 2.24) is 9.97 Å². The van der Waals surface area contributed by atoms with Crippen molar-refractivity contribution in [2.75, 3.05) is 11.9 Å². The number of nitrogens with zero attached hydrogens (tertiary/aromatic N) is 2. The molecule has 0 radical (unpaired) electrons. The third-order valence-corrected chi connectivity index (χ3v) is 2.43. The van der Waals surface area contributed by atoms with Crippen LogP contribution in [0.1, 0.15) is 19.8 Å². The molecule has 0 aromatic carbocycles. The third kappa shape index (κ3) is 2.05. The molecule has 2 N–H and O–H groups in total. The fourth-order valence-corrected chi connectivity index (χ4v) is 1.36. The summed E-state index contributed by atoms with van der Waals surface area (Å²) >= 11 is 0. The molecular weight excluding hydrogens is 210 g/mol. The quantitative estimate of drug-likeness (QED) is 0.771. The number of carbonyl (C=O) groups is 1. The number of hydrogen-bond acceptors (Lipinski definition) is 5. The summed E-state index contributed by atoms with van der Waals surface area (Å²) in [7, 11) is 0. The zero-order chi connectivity index (χ0) is 11.6. The molecule has 0 bridgehead atoms. The highest BCUT2D eigenvalue weighted by molar-refractivity contribution is 5.85. The first kappa shape index (κ1) is 10.7. The summed E-state index contributed by atoms with van der Waals surface area (Å²) in [5, 5.41) is 11.8. The van der Waals surface area contributed by atoms with Crippen molar-refractivity contribution < 1.29 is 14.6 Å². The van der Waals surface area contributed by atoms with Gasteiger partial charge in [0.05, 0.1) is 6.61 Å². The van der Waals surface area contributed by atoms with E-state index in [2.05, 4.69) is 15.3 Å². The minimum absolute atomic E-state index is 0.297. The van der Waals surface area contributed by atoms with Crippen LogP contribution in [0.15, 0.2) is 12.3 Å². The van der Waals surface area contributed by atoms with Gasteiger partial charge in [0.2, 0.25) is 11.8 Å². The van der Waals surface area contributed by atoms with Gasteiger partial charge in [0.25, 0.3) is 0 Å². The summed E-state index contributed by atoms with van der Waals surface area (Å²) in [5.74, 6) is -0.120. The highest BCUT2D eigenvalue weighted by Gasteiger charge is 2.51. The fourth-order valence-electron chi connectivity index (χ4n) is 1.36. The molecule has 1 aliphatic rings. The van der Waals surface area contributed by atoms with Crippen molar-refractivity contribution in [1.29, 1.82) is 0 Å². The topological polar surface area (TPSA) is 84.3 Å². The molecule has 86 valence electrons. The molecule has 0 spiro atoms. The molecule has 1 aromatic rings. The number of rotatable bonds is 5. The molecule has 16 heavy (non-hydrogen) atoms. The van der Waals surface area contributed by atoms with E-state index in [0.717, 1.165) is 0 Å². The summed E-state index contributed by atoms with van der Waals surface area (Å²) in [6.45, 7) is 2.37. The van der Waals surface area contributed by atoms with Gasteiger partial charge in [-0.2, -0.15) is 4.98 Å². The second kappa shape index (κ2) is 3.96. The lowest BCUT2D eigenvalue weighted by molar-refractivity contribution is -0.138. The number of nitrogens with one attached hydrogen (secondary N) is 1. The first-order valence-electron chi connectivity index (χ1n) is 5.14. The van der Waals surface area contributed by atoms with E-state index in [1.807, 2.05) is 6.92 Å². The monoisotopic (exact) mass is 223 g/mol. The van der Waals surface area contributed by atoms with Gasteiger partial charge < -0.3 is 15.2 Å². The molecule has 1 fully saturated rings. The van der Waals surface area contributed by atoms with E-state index >= 15 is 0 Å². The van der Waals surface area contributed by atoms with Crippen molar-refractivity contribution in [3.63, 3.8) is 0 Å². The summed E-state index contributed by atoms with van der Waals surface area (Å²) < 4.78 is 5.20. The maximum atomic E-state index is 10.9. The van der Waals surface area contributed by atoms with Crippen LogP contribution in [0.3, 0.4) is 0 Å². The van der Waals surface area contributed by atoms with E-state index in [1.165, 1.54) is 6.20 Å². The number of hydrogen-bond donors (Lipinski definition) is 2. The van der Waals surface area contributed by atoms with E-state index in [4.69, 9.17) is 9.84 Å². The summed E-state index contributed by atoms with van der Waals surface area (Å²) in [6.07, 6.45) is 2.74. The minimum atomic E-state index is -0.870. The fraction of sp³-hybridized carbons (Fsp3) is 0.500. The Morgan fingerprint density at radius 2 is 2.44 bits per heavy atom. The Morgan fingerprint density at radius 3 is 3.00 bits per heavy atom. The Balaban J connectivity index is 2.10. The predicted molar refractivity (Wildman–Crippen MR) is 56.4 cm³/mol. The van der Waals surface area contributed by atoms with Crippen LogP contribution >= 0.6 is 0 Å². The zero-order valence-corrected chi connectivity index (χ0v) is 8.93. The van der Waals surface area contributed by atoms with Crippen molar-refractivity contribution in [3.05, 3.63) is 12.3 Å². The number of carboxylic acid groups (broad SMARTS) is 1. The van der Waals surface area contributed by atoms with Gasteiger partial charge in [-0.1, -0.05) is 0 Å². The molecule has 0 unspecified atom stereocenters. The lowest BCUT2D eigenvalue weighted by Crippen LogP contribution is -2.32. The van der Waals surface area contributed by atoms with Crippen LogP contribution in [0.2, 0.25) is 0 Å². The Morgan fingerprint density at radius 1 is 1.69 bits per heavy atom. The Hall–Kier alpha value is -1.85. The molecule has 2 rings (SSSR count). The lowest BCUT2D eigenvalue weighted by Gasteiger charge is -2.12. The SMILES string of the molecule is CCOc1ccnc(NC2(C(=O)O)CC2)n1. The molecule has 1 aliphatic carbocycles. The van der Waals surface area contributed by atoms with Crippen molar-refractivity contribution in [2.24, 2.45) is 0 Å². The van der Waals surface area contributed by atoms with Crippen LogP contribution in [-0.4, -0.2) is 33.2 Å². The maximum Gasteiger partial charge on any atom is 0.329 e. The smallest absolute Gasteiger partial charge is 0.329 e. The highest BCUT2D eigenvalue weighted by atomic mass is 16.5. The van der Waals surface area contributed by atoms with Gasteiger partial charge in [-0.3, -0.25) is 0 Å². The predicted octanol–water partition coefficient (Wildman–Crippen LogP) is 0.904. The third-order valence-electron chi connectivity index (χ3n) is 2.43. The summed E-state index contributed by atoms with van der Waals surface area (Å²) in [4.78, 5) is 19.0. The Bertz CT molecular complexity index is 404. The van der Waals surface area contributed by atoms with Gasteiger partial charge >= 0.3 is 5.97 Å². The Kier molecular flexibility index (Phi) is 2.64. The standard InChI is InChI=1S/C10H13N3O3/c1-2-16-7-3-6-11-9(12-7)13-10(4-5-10)8(14)15/h3,6H,2,4-5H2,1H3,(H,14,15)(H,11,12,13). The van der Waals surface area contributed by atoms with Crippen LogP contribution in [0.4, 0.5) is 5.95 Å². The average Bonchev–Trinajstić information content (AvgIpc) is 3.00. The van der Waals surface area contributed by atoms with Gasteiger partial charge in [-0.05, 0) is 19.8 Å². The minimum Gasteiger partial charge on any atom is -0.480 e. The van der Waals surface area contributed by atoms with Gasteiger partial charge in [0.15, 0.2) is 0 Å². The number of aromatic nitrogens is 2.